The smallest absolute Gasteiger partial charge is 0.295 e. The van der Waals surface area contributed by atoms with Crippen molar-refractivity contribution in [1.29, 1.82) is 0 Å². The van der Waals surface area contributed by atoms with Gasteiger partial charge in [-0.25, -0.2) is 0 Å². The van der Waals surface area contributed by atoms with Gasteiger partial charge in [0.1, 0.15) is 17.3 Å². The molecule has 1 aliphatic heterocycles. The van der Waals surface area contributed by atoms with Gasteiger partial charge in [-0.3, -0.25) is 9.59 Å². The van der Waals surface area contributed by atoms with E-state index in [1.807, 2.05) is 6.92 Å². The molecule has 29 heavy (non-hydrogen) atoms. The van der Waals surface area contributed by atoms with Gasteiger partial charge in [0.2, 0.25) is 0 Å². The van der Waals surface area contributed by atoms with E-state index in [-0.39, 0.29) is 30.2 Å². The second kappa shape index (κ2) is 8.79. The van der Waals surface area contributed by atoms with Gasteiger partial charge in [0.15, 0.2) is 0 Å². The molecule has 7 heteroatoms. The van der Waals surface area contributed by atoms with Gasteiger partial charge in [-0.15, -0.1) is 0 Å². The molecule has 0 aliphatic carbocycles. The number of ether oxygens (including phenoxy) is 2. The number of aliphatic hydroxyl groups excluding tert-OH is 1. The third-order valence-corrected chi connectivity index (χ3v) is 4.68. The number of phenols is 1. The number of aromatic hydroxyl groups is 1. The lowest BCUT2D eigenvalue weighted by atomic mass is 9.95. The van der Waals surface area contributed by atoms with Crippen molar-refractivity contribution in [2.45, 2.75) is 13.0 Å². The highest BCUT2D eigenvalue weighted by Gasteiger charge is 2.45. The average Bonchev–Trinajstić information content (AvgIpc) is 2.97. The summed E-state index contributed by atoms with van der Waals surface area (Å²) in [5.41, 5.74) is 0.846. The van der Waals surface area contributed by atoms with Gasteiger partial charge < -0.3 is 24.6 Å². The van der Waals surface area contributed by atoms with Crippen molar-refractivity contribution >= 4 is 17.4 Å². The maximum absolute atomic E-state index is 12.8. The Morgan fingerprint density at radius 2 is 1.90 bits per heavy atom. The Labute approximate surface area is 168 Å². The number of likely N-dealkylation sites (tertiary alicyclic amines) is 1. The largest absolute Gasteiger partial charge is 0.508 e. The van der Waals surface area contributed by atoms with Crippen LogP contribution in [0.3, 0.4) is 0 Å². The number of aliphatic hydroxyl groups is 1. The first-order valence-corrected chi connectivity index (χ1v) is 9.27. The fourth-order valence-corrected chi connectivity index (χ4v) is 3.40. The minimum absolute atomic E-state index is 0.00169. The van der Waals surface area contributed by atoms with Crippen molar-refractivity contribution in [1.82, 2.24) is 4.90 Å². The van der Waals surface area contributed by atoms with Crippen LogP contribution in [0.2, 0.25) is 0 Å². The van der Waals surface area contributed by atoms with E-state index in [2.05, 4.69) is 0 Å². The molecule has 0 spiro atoms. The second-order valence-corrected chi connectivity index (χ2v) is 6.54. The molecule has 0 bridgehead atoms. The van der Waals surface area contributed by atoms with Crippen LogP contribution in [0.4, 0.5) is 0 Å². The van der Waals surface area contributed by atoms with E-state index in [0.717, 1.165) is 0 Å². The van der Waals surface area contributed by atoms with Crippen molar-refractivity contribution in [3.63, 3.8) is 0 Å². The molecule has 2 N–H and O–H groups in total. The number of benzene rings is 2. The van der Waals surface area contributed by atoms with Crippen molar-refractivity contribution < 1.29 is 29.3 Å². The van der Waals surface area contributed by atoms with E-state index in [9.17, 15) is 19.8 Å². The highest BCUT2D eigenvalue weighted by Crippen LogP contribution is 2.40. The van der Waals surface area contributed by atoms with Gasteiger partial charge in [0.05, 0.1) is 24.8 Å². The molecular weight excluding hydrogens is 374 g/mol. The van der Waals surface area contributed by atoms with E-state index in [1.54, 1.807) is 36.4 Å². The molecule has 0 saturated carbocycles. The number of amides is 1. The summed E-state index contributed by atoms with van der Waals surface area (Å²) in [6, 6.07) is 12.1. The molecule has 1 fully saturated rings. The topological polar surface area (TPSA) is 96.3 Å². The summed E-state index contributed by atoms with van der Waals surface area (Å²) in [4.78, 5) is 26.9. The van der Waals surface area contributed by atoms with Crippen LogP contribution in [0.15, 0.2) is 54.1 Å². The van der Waals surface area contributed by atoms with Crippen LogP contribution in [0, 0.1) is 0 Å². The van der Waals surface area contributed by atoms with Crippen molar-refractivity contribution in [2.24, 2.45) is 0 Å². The van der Waals surface area contributed by atoms with Crippen LogP contribution >= 0.6 is 0 Å². The average molecular weight is 397 g/mol. The zero-order valence-electron chi connectivity index (χ0n) is 16.3. The van der Waals surface area contributed by atoms with Crippen LogP contribution in [-0.2, 0) is 14.3 Å². The minimum Gasteiger partial charge on any atom is -0.508 e. The molecule has 1 atom stereocenters. The summed E-state index contributed by atoms with van der Waals surface area (Å²) in [6.45, 7) is 2.68. The molecule has 1 heterocycles. The molecule has 0 aromatic heterocycles. The number of hydrogen-bond acceptors (Lipinski definition) is 6. The Bertz CT molecular complexity index is 952. The Morgan fingerprint density at radius 3 is 2.59 bits per heavy atom. The normalized spacial score (nSPS) is 18.3. The Hall–Kier alpha value is -3.32. The number of carbonyl (C=O) groups is 2. The van der Waals surface area contributed by atoms with E-state index in [1.165, 1.54) is 24.1 Å². The summed E-state index contributed by atoms with van der Waals surface area (Å²) in [5.74, 6) is -1.26. The SMILES string of the molecule is CCOc1cccc(C(O)=C2C(=O)C(=O)N(CCOC)C2c2cccc(O)c2)c1. The molecule has 1 amide bonds. The van der Waals surface area contributed by atoms with Crippen LogP contribution in [0.25, 0.3) is 5.76 Å². The summed E-state index contributed by atoms with van der Waals surface area (Å²) in [5, 5.41) is 20.9. The van der Waals surface area contributed by atoms with Gasteiger partial charge >= 0.3 is 0 Å². The van der Waals surface area contributed by atoms with E-state index >= 15 is 0 Å². The third-order valence-electron chi connectivity index (χ3n) is 4.68. The zero-order valence-corrected chi connectivity index (χ0v) is 16.3. The number of methoxy groups -OCH3 is 1. The number of hydrogen-bond donors (Lipinski definition) is 2. The molecule has 0 radical (unpaired) electrons. The summed E-state index contributed by atoms with van der Waals surface area (Å²) in [6.07, 6.45) is 0. The number of nitrogens with zero attached hydrogens (tertiary/aromatic N) is 1. The summed E-state index contributed by atoms with van der Waals surface area (Å²) < 4.78 is 10.5. The number of rotatable bonds is 7. The van der Waals surface area contributed by atoms with Crippen LogP contribution in [-0.4, -0.2) is 53.7 Å². The second-order valence-electron chi connectivity index (χ2n) is 6.54. The summed E-state index contributed by atoms with van der Waals surface area (Å²) >= 11 is 0. The molecule has 1 unspecified atom stereocenters. The third kappa shape index (κ3) is 4.09. The van der Waals surface area contributed by atoms with Crippen LogP contribution in [0.5, 0.6) is 11.5 Å². The molecule has 152 valence electrons. The Balaban J connectivity index is 2.15. The van der Waals surface area contributed by atoms with Crippen molar-refractivity contribution in [2.75, 3.05) is 26.9 Å². The minimum atomic E-state index is -0.840. The van der Waals surface area contributed by atoms with E-state index in [0.29, 0.717) is 23.5 Å². The van der Waals surface area contributed by atoms with Gasteiger partial charge in [-0.05, 0) is 36.8 Å². The maximum atomic E-state index is 12.8. The van der Waals surface area contributed by atoms with Crippen LogP contribution in [0.1, 0.15) is 24.1 Å². The Morgan fingerprint density at radius 1 is 1.14 bits per heavy atom. The monoisotopic (exact) mass is 397 g/mol. The molecule has 1 aliphatic rings. The lowest BCUT2D eigenvalue weighted by Gasteiger charge is -2.25. The predicted octanol–water partition coefficient (Wildman–Crippen LogP) is 2.86. The van der Waals surface area contributed by atoms with Gasteiger partial charge in [-0.1, -0.05) is 24.3 Å². The molecule has 2 aromatic rings. The van der Waals surface area contributed by atoms with Crippen molar-refractivity contribution in [3.8, 4) is 11.5 Å². The summed E-state index contributed by atoms with van der Waals surface area (Å²) in [7, 11) is 1.50. The van der Waals surface area contributed by atoms with Gasteiger partial charge in [-0.2, -0.15) is 0 Å². The van der Waals surface area contributed by atoms with Gasteiger partial charge in [0.25, 0.3) is 11.7 Å². The molecule has 2 aromatic carbocycles. The first kappa shape index (κ1) is 20.4. The lowest BCUT2D eigenvalue weighted by molar-refractivity contribution is -0.140. The highest BCUT2D eigenvalue weighted by molar-refractivity contribution is 6.46. The molecular formula is C22H23NO6. The molecule has 1 saturated heterocycles. The fraction of sp³-hybridized carbons (Fsp3) is 0.273. The lowest BCUT2D eigenvalue weighted by Crippen LogP contribution is -2.32. The molecule has 7 nitrogen and oxygen atoms in total. The first-order valence-electron chi connectivity index (χ1n) is 9.27. The van der Waals surface area contributed by atoms with E-state index in [4.69, 9.17) is 9.47 Å². The van der Waals surface area contributed by atoms with E-state index < -0.39 is 17.7 Å². The van der Waals surface area contributed by atoms with Crippen LogP contribution < -0.4 is 4.74 Å². The number of Topliss-reactive ketones (excluding diaryl/α,β-unsaturated/α-hetero) is 1. The predicted molar refractivity (Wildman–Crippen MR) is 107 cm³/mol. The van der Waals surface area contributed by atoms with Gasteiger partial charge in [0, 0.05) is 19.2 Å². The quantitative estimate of drug-likeness (QED) is 0.424. The maximum Gasteiger partial charge on any atom is 0.295 e. The number of ketones is 1. The highest BCUT2D eigenvalue weighted by atomic mass is 16.5. The Kier molecular flexibility index (Phi) is 6.19. The first-order chi connectivity index (χ1) is 14.0. The molecule has 3 rings (SSSR count). The zero-order chi connectivity index (χ0) is 21.0. The standard InChI is InChI=1S/C22H23NO6/c1-3-29-17-9-5-7-15(13-17)20(25)18-19(14-6-4-8-16(24)12-14)23(10-11-28-2)22(27)21(18)26/h4-9,12-13,19,24-25H,3,10-11H2,1-2H3. The number of phenolic OH excluding ortho intramolecular Hbond substituents is 1. The fourth-order valence-electron chi connectivity index (χ4n) is 3.40. The van der Waals surface area contributed by atoms with Crippen molar-refractivity contribution in [3.05, 3.63) is 65.2 Å². The number of carbonyl (C=O) groups excluding carboxylic acids is 2.